The van der Waals surface area contributed by atoms with Gasteiger partial charge in [-0.3, -0.25) is 0 Å². The van der Waals surface area contributed by atoms with Crippen LogP contribution >= 0.6 is 0 Å². The van der Waals surface area contributed by atoms with Crippen LogP contribution in [0.2, 0.25) is 0 Å². The van der Waals surface area contributed by atoms with Crippen molar-refractivity contribution in [3.8, 4) is 5.75 Å². The van der Waals surface area contributed by atoms with Crippen molar-refractivity contribution >= 4 is 11.4 Å². The second kappa shape index (κ2) is 9.52. The predicted molar refractivity (Wildman–Crippen MR) is 114 cm³/mol. The summed E-state index contributed by atoms with van der Waals surface area (Å²) in [5.41, 5.74) is 4.90. The summed E-state index contributed by atoms with van der Waals surface area (Å²) >= 11 is 0. The first kappa shape index (κ1) is 22.2. The molecule has 1 aliphatic heterocycles. The Kier molecular flexibility index (Phi) is 7.03. The summed E-state index contributed by atoms with van der Waals surface area (Å²) in [6.45, 7) is 5.85. The zero-order valence-electron chi connectivity index (χ0n) is 17.8. The first-order valence-corrected chi connectivity index (χ1v) is 10.2. The Hall–Kier alpha value is -2.53. The zero-order valence-corrected chi connectivity index (χ0v) is 17.8. The maximum absolute atomic E-state index is 14.2. The van der Waals surface area contributed by atoms with E-state index in [1.807, 2.05) is 6.92 Å². The minimum atomic E-state index is -3.00. The van der Waals surface area contributed by atoms with Gasteiger partial charge in [-0.25, -0.2) is 8.78 Å². The summed E-state index contributed by atoms with van der Waals surface area (Å²) in [6.07, 6.45) is 1.29. The highest BCUT2D eigenvalue weighted by molar-refractivity contribution is 5.75. The van der Waals surface area contributed by atoms with Crippen molar-refractivity contribution in [1.29, 1.82) is 0 Å². The molecule has 0 saturated heterocycles. The number of carbonyl (C=O) groups is 1. The predicted octanol–water partition coefficient (Wildman–Crippen LogP) is 5.88. The molecule has 0 fully saturated rings. The SMILES string of the molecule is CC(=O)CCc1ccc(OCC2=C(c3ccc(C)cc3)COCC2)cc1C(C)(F)F. The molecule has 3 nitrogen and oxygen atoms in total. The van der Waals surface area contributed by atoms with Gasteiger partial charge in [-0.05, 0) is 61.1 Å². The van der Waals surface area contributed by atoms with Gasteiger partial charge in [0.1, 0.15) is 18.1 Å². The lowest BCUT2D eigenvalue weighted by Gasteiger charge is -2.22. The van der Waals surface area contributed by atoms with Crippen molar-refractivity contribution in [1.82, 2.24) is 0 Å². The van der Waals surface area contributed by atoms with Crippen LogP contribution in [0.3, 0.4) is 0 Å². The highest BCUT2D eigenvalue weighted by Gasteiger charge is 2.28. The second-order valence-electron chi connectivity index (χ2n) is 7.95. The molecule has 0 spiro atoms. The van der Waals surface area contributed by atoms with Gasteiger partial charge in [0.15, 0.2) is 0 Å². The molecule has 30 heavy (non-hydrogen) atoms. The smallest absolute Gasteiger partial charge is 0.270 e. The van der Waals surface area contributed by atoms with Gasteiger partial charge in [-0.15, -0.1) is 0 Å². The molecule has 0 aliphatic carbocycles. The van der Waals surface area contributed by atoms with E-state index in [0.29, 0.717) is 37.6 Å². The Balaban J connectivity index is 1.81. The maximum atomic E-state index is 14.2. The molecule has 0 radical (unpaired) electrons. The van der Waals surface area contributed by atoms with E-state index >= 15 is 0 Å². The Morgan fingerprint density at radius 3 is 2.57 bits per heavy atom. The Morgan fingerprint density at radius 2 is 1.90 bits per heavy atom. The lowest BCUT2D eigenvalue weighted by molar-refractivity contribution is -0.117. The first-order valence-electron chi connectivity index (χ1n) is 10.2. The molecule has 1 heterocycles. The van der Waals surface area contributed by atoms with Crippen molar-refractivity contribution in [2.75, 3.05) is 19.8 Å². The Labute approximate surface area is 176 Å². The summed E-state index contributed by atoms with van der Waals surface area (Å²) < 4.78 is 39.9. The largest absolute Gasteiger partial charge is 0.489 e. The standard InChI is InChI=1S/C25H28F2O3/c1-17-4-7-19(8-5-17)23-16-29-13-12-21(23)15-30-22-11-10-20(9-6-18(2)28)24(14-22)25(3,26)27/h4-5,7-8,10-11,14H,6,9,12-13,15-16H2,1-3H3. The van der Waals surface area contributed by atoms with Gasteiger partial charge >= 0.3 is 0 Å². The minimum absolute atomic E-state index is 0.0178. The van der Waals surface area contributed by atoms with E-state index in [-0.39, 0.29) is 17.8 Å². The molecule has 0 aromatic heterocycles. The van der Waals surface area contributed by atoms with Crippen molar-refractivity contribution in [3.63, 3.8) is 0 Å². The molecule has 1 aliphatic rings. The molecule has 2 aromatic carbocycles. The van der Waals surface area contributed by atoms with Crippen molar-refractivity contribution in [3.05, 3.63) is 70.3 Å². The topological polar surface area (TPSA) is 35.5 Å². The molecule has 0 unspecified atom stereocenters. The van der Waals surface area contributed by atoms with Crippen molar-refractivity contribution in [2.45, 2.75) is 46.0 Å². The maximum Gasteiger partial charge on any atom is 0.270 e. The fourth-order valence-electron chi connectivity index (χ4n) is 3.58. The van der Waals surface area contributed by atoms with Crippen molar-refractivity contribution < 1.29 is 23.0 Å². The summed E-state index contributed by atoms with van der Waals surface area (Å²) in [5.74, 6) is -2.62. The van der Waals surface area contributed by atoms with E-state index in [2.05, 4.69) is 24.3 Å². The molecule has 160 valence electrons. The fraction of sp³-hybridized carbons (Fsp3) is 0.400. The van der Waals surface area contributed by atoms with Crippen LogP contribution in [0.4, 0.5) is 8.78 Å². The molecule has 5 heteroatoms. The van der Waals surface area contributed by atoms with Crippen LogP contribution in [0.1, 0.15) is 48.9 Å². The second-order valence-corrected chi connectivity index (χ2v) is 7.95. The van der Waals surface area contributed by atoms with Crippen LogP contribution in [0, 0.1) is 6.92 Å². The molecule has 0 atom stereocenters. The molecule has 0 N–H and O–H groups in total. The van der Waals surface area contributed by atoms with E-state index in [4.69, 9.17) is 9.47 Å². The van der Waals surface area contributed by atoms with E-state index in [0.717, 1.165) is 30.1 Å². The number of Topliss-reactive ketones (excluding diaryl/α,β-unsaturated/α-hetero) is 1. The lowest BCUT2D eigenvalue weighted by Crippen LogP contribution is -2.16. The van der Waals surface area contributed by atoms with Gasteiger partial charge in [0.05, 0.1) is 13.2 Å². The quantitative estimate of drug-likeness (QED) is 0.541. The number of halogens is 2. The van der Waals surface area contributed by atoms with Crippen LogP contribution in [0.15, 0.2) is 48.0 Å². The average molecular weight is 414 g/mol. The lowest BCUT2D eigenvalue weighted by atomic mass is 9.96. The van der Waals surface area contributed by atoms with Gasteiger partial charge in [-0.2, -0.15) is 0 Å². The van der Waals surface area contributed by atoms with Gasteiger partial charge in [-0.1, -0.05) is 35.9 Å². The molecule has 2 aromatic rings. The highest BCUT2D eigenvalue weighted by atomic mass is 19.3. The van der Waals surface area contributed by atoms with Gasteiger partial charge in [0.25, 0.3) is 5.92 Å². The summed E-state index contributed by atoms with van der Waals surface area (Å²) in [6, 6.07) is 13.0. The molecular formula is C25H28F2O3. The summed E-state index contributed by atoms with van der Waals surface area (Å²) in [5, 5.41) is 0. The highest BCUT2D eigenvalue weighted by Crippen LogP contribution is 2.34. The molecule has 0 bridgehead atoms. The van der Waals surface area contributed by atoms with Crippen LogP contribution < -0.4 is 4.74 Å². The number of ketones is 1. The summed E-state index contributed by atoms with van der Waals surface area (Å²) in [4.78, 5) is 11.3. The van der Waals surface area contributed by atoms with Crippen LogP contribution in [-0.2, 0) is 21.9 Å². The number of hydrogen-bond acceptors (Lipinski definition) is 3. The van der Waals surface area contributed by atoms with E-state index < -0.39 is 5.92 Å². The third-order valence-electron chi connectivity index (χ3n) is 5.34. The van der Waals surface area contributed by atoms with Crippen molar-refractivity contribution in [2.24, 2.45) is 0 Å². The number of benzene rings is 2. The Bertz CT molecular complexity index is 924. The minimum Gasteiger partial charge on any atom is -0.489 e. The van der Waals surface area contributed by atoms with E-state index in [1.165, 1.54) is 18.6 Å². The van der Waals surface area contributed by atoms with E-state index in [9.17, 15) is 13.6 Å². The number of ether oxygens (including phenoxy) is 2. The molecule has 3 rings (SSSR count). The summed E-state index contributed by atoms with van der Waals surface area (Å²) in [7, 11) is 0. The number of alkyl halides is 2. The molecule has 0 amide bonds. The average Bonchev–Trinajstić information content (AvgIpc) is 2.71. The zero-order chi connectivity index (χ0) is 21.7. The third kappa shape index (κ3) is 5.76. The number of rotatable bonds is 8. The third-order valence-corrected chi connectivity index (χ3v) is 5.34. The molecule has 0 saturated carbocycles. The monoisotopic (exact) mass is 414 g/mol. The van der Waals surface area contributed by atoms with Gasteiger partial charge in [0.2, 0.25) is 0 Å². The van der Waals surface area contributed by atoms with Crippen LogP contribution in [0.5, 0.6) is 5.75 Å². The van der Waals surface area contributed by atoms with Crippen LogP contribution in [-0.4, -0.2) is 25.6 Å². The molecular weight excluding hydrogens is 386 g/mol. The number of aryl methyl sites for hydroxylation is 2. The fourth-order valence-corrected chi connectivity index (χ4v) is 3.58. The number of carbonyl (C=O) groups excluding carboxylic acids is 1. The normalized spacial score (nSPS) is 14.7. The number of hydrogen-bond donors (Lipinski definition) is 0. The van der Waals surface area contributed by atoms with Gasteiger partial charge in [0, 0.05) is 18.9 Å². The van der Waals surface area contributed by atoms with Gasteiger partial charge < -0.3 is 14.3 Å². The van der Waals surface area contributed by atoms with Crippen LogP contribution in [0.25, 0.3) is 5.57 Å². The Morgan fingerprint density at radius 1 is 1.17 bits per heavy atom. The first-order chi connectivity index (χ1) is 14.2. The van der Waals surface area contributed by atoms with E-state index in [1.54, 1.807) is 12.1 Å².